The molecule has 0 amide bonds. The van der Waals surface area contributed by atoms with Crippen LogP contribution >= 0.6 is 0 Å². The molecule has 1 rings (SSSR count). The van der Waals surface area contributed by atoms with Crippen molar-refractivity contribution in [2.75, 3.05) is 0 Å². The number of rotatable bonds is 3. The van der Waals surface area contributed by atoms with Gasteiger partial charge in [0.15, 0.2) is 0 Å². The van der Waals surface area contributed by atoms with Gasteiger partial charge in [0, 0.05) is 6.07 Å². The highest BCUT2D eigenvalue weighted by Gasteiger charge is 1.85. The van der Waals surface area contributed by atoms with Crippen molar-refractivity contribution in [3.63, 3.8) is 0 Å². The fraction of sp³-hybridized carbons (Fsp3) is 0.500. The molecule has 14 heavy (non-hydrogen) atoms. The molecule has 0 radical (unpaired) electrons. The topological polar surface area (TPSA) is 40.5 Å². The average molecular weight is 196 g/mol. The van der Waals surface area contributed by atoms with E-state index in [0.717, 1.165) is 0 Å². The Balaban J connectivity index is 0.000000255. The third-order valence-electron chi connectivity index (χ3n) is 1.79. The van der Waals surface area contributed by atoms with E-state index in [9.17, 15) is 0 Å². The average Bonchev–Trinajstić information content (AvgIpc) is 2.15. The molecule has 0 heterocycles. The van der Waals surface area contributed by atoms with Gasteiger partial charge in [0.25, 0.3) is 0 Å². The van der Waals surface area contributed by atoms with Crippen LogP contribution in [0.25, 0.3) is 0 Å². The summed E-state index contributed by atoms with van der Waals surface area (Å²) in [6.45, 7) is 4.46. The summed E-state index contributed by atoms with van der Waals surface area (Å²) >= 11 is 0. The molecule has 2 heteroatoms. The van der Waals surface area contributed by atoms with Crippen LogP contribution in [0.5, 0.6) is 11.5 Å². The minimum absolute atomic E-state index is 0.0880. The molecule has 1 aromatic rings. The molecule has 80 valence electrons. The normalized spacial score (nSPS) is 9.00. The van der Waals surface area contributed by atoms with Crippen LogP contribution in [0, 0.1) is 0 Å². The molecule has 0 aliphatic carbocycles. The van der Waals surface area contributed by atoms with Gasteiger partial charge in [-0.2, -0.15) is 0 Å². The molecule has 0 aliphatic heterocycles. The maximum Gasteiger partial charge on any atom is 0.119 e. The number of hydrogen-bond acceptors (Lipinski definition) is 2. The van der Waals surface area contributed by atoms with Crippen molar-refractivity contribution in [2.45, 2.75) is 39.5 Å². The second-order valence-corrected chi connectivity index (χ2v) is 3.23. The second kappa shape index (κ2) is 8.42. The van der Waals surface area contributed by atoms with Gasteiger partial charge in [-0.25, -0.2) is 0 Å². The minimum atomic E-state index is 0.0880. The third kappa shape index (κ3) is 7.47. The molecular formula is C12H20O2. The Morgan fingerprint density at radius 2 is 1.36 bits per heavy atom. The summed E-state index contributed by atoms with van der Waals surface area (Å²) < 4.78 is 0. The van der Waals surface area contributed by atoms with Crippen molar-refractivity contribution in [3.05, 3.63) is 24.3 Å². The van der Waals surface area contributed by atoms with Gasteiger partial charge in [-0.15, -0.1) is 0 Å². The highest BCUT2D eigenvalue weighted by molar-refractivity contribution is 5.30. The van der Waals surface area contributed by atoms with Gasteiger partial charge in [-0.05, 0) is 12.1 Å². The van der Waals surface area contributed by atoms with Crippen LogP contribution in [-0.4, -0.2) is 10.2 Å². The van der Waals surface area contributed by atoms with Gasteiger partial charge < -0.3 is 10.2 Å². The zero-order chi connectivity index (χ0) is 10.8. The van der Waals surface area contributed by atoms with E-state index in [1.165, 1.54) is 43.9 Å². The minimum Gasteiger partial charge on any atom is -0.508 e. The number of benzene rings is 1. The smallest absolute Gasteiger partial charge is 0.119 e. The first-order valence-electron chi connectivity index (χ1n) is 5.18. The lowest BCUT2D eigenvalue weighted by atomic mass is 10.2. The largest absolute Gasteiger partial charge is 0.508 e. The number of hydrogen-bond donors (Lipinski definition) is 2. The first-order chi connectivity index (χ1) is 6.70. The van der Waals surface area contributed by atoms with Crippen LogP contribution in [0.4, 0.5) is 0 Å². The van der Waals surface area contributed by atoms with Crippen LogP contribution in [-0.2, 0) is 0 Å². The Labute approximate surface area is 86.2 Å². The first kappa shape index (κ1) is 12.8. The SMILES string of the molecule is CCCCCC.Oc1cccc(O)c1. The van der Waals surface area contributed by atoms with E-state index in [4.69, 9.17) is 10.2 Å². The van der Waals surface area contributed by atoms with Crippen molar-refractivity contribution in [2.24, 2.45) is 0 Å². The predicted molar refractivity (Wildman–Crippen MR) is 59.6 cm³/mol. The quantitative estimate of drug-likeness (QED) is 0.724. The summed E-state index contributed by atoms with van der Waals surface area (Å²) in [6.07, 6.45) is 5.54. The van der Waals surface area contributed by atoms with E-state index in [1.54, 1.807) is 6.07 Å². The lowest BCUT2D eigenvalue weighted by Crippen LogP contribution is -1.66. The van der Waals surface area contributed by atoms with Gasteiger partial charge in [0.1, 0.15) is 11.5 Å². The fourth-order valence-corrected chi connectivity index (χ4v) is 0.993. The van der Waals surface area contributed by atoms with Gasteiger partial charge in [-0.1, -0.05) is 45.6 Å². The van der Waals surface area contributed by atoms with Crippen LogP contribution in [0.15, 0.2) is 24.3 Å². The highest BCUT2D eigenvalue weighted by Crippen LogP contribution is 2.14. The fourth-order valence-electron chi connectivity index (χ4n) is 0.993. The molecule has 0 aromatic heterocycles. The highest BCUT2D eigenvalue weighted by atomic mass is 16.3. The number of unbranched alkanes of at least 4 members (excludes halogenated alkanes) is 3. The van der Waals surface area contributed by atoms with Crippen molar-refractivity contribution in [3.8, 4) is 11.5 Å². The summed E-state index contributed by atoms with van der Waals surface area (Å²) in [5.74, 6) is 0.176. The van der Waals surface area contributed by atoms with Crippen molar-refractivity contribution in [1.82, 2.24) is 0 Å². The van der Waals surface area contributed by atoms with E-state index in [1.807, 2.05) is 0 Å². The molecule has 0 saturated carbocycles. The van der Waals surface area contributed by atoms with E-state index in [0.29, 0.717) is 0 Å². The first-order valence-corrected chi connectivity index (χ1v) is 5.18. The molecule has 2 nitrogen and oxygen atoms in total. The van der Waals surface area contributed by atoms with Crippen LogP contribution < -0.4 is 0 Å². The maximum atomic E-state index is 8.65. The zero-order valence-electron chi connectivity index (χ0n) is 9.03. The monoisotopic (exact) mass is 196 g/mol. The number of aromatic hydroxyl groups is 2. The molecule has 0 saturated heterocycles. The molecule has 1 aromatic carbocycles. The molecule has 0 aliphatic rings. The van der Waals surface area contributed by atoms with Crippen molar-refractivity contribution < 1.29 is 10.2 Å². The van der Waals surface area contributed by atoms with E-state index in [-0.39, 0.29) is 11.5 Å². The molecule has 0 unspecified atom stereocenters. The van der Waals surface area contributed by atoms with Gasteiger partial charge in [0.2, 0.25) is 0 Å². The van der Waals surface area contributed by atoms with Gasteiger partial charge >= 0.3 is 0 Å². The summed E-state index contributed by atoms with van der Waals surface area (Å²) in [6, 6.07) is 5.85. The standard InChI is InChI=1S/C6H6O2.C6H14/c7-5-2-1-3-6(8)4-5;1-3-5-6-4-2/h1-4,7-8H;3-6H2,1-2H3. The lowest BCUT2D eigenvalue weighted by molar-refractivity contribution is 0.450. The van der Waals surface area contributed by atoms with E-state index in [2.05, 4.69) is 13.8 Å². The van der Waals surface area contributed by atoms with Crippen LogP contribution in [0.1, 0.15) is 39.5 Å². The lowest BCUT2D eigenvalue weighted by Gasteiger charge is -1.89. The van der Waals surface area contributed by atoms with Crippen molar-refractivity contribution in [1.29, 1.82) is 0 Å². The Kier molecular flexibility index (Phi) is 7.71. The van der Waals surface area contributed by atoms with Gasteiger partial charge in [-0.3, -0.25) is 0 Å². The summed E-state index contributed by atoms with van der Waals surface area (Å²) in [5.41, 5.74) is 0. The van der Waals surface area contributed by atoms with Crippen LogP contribution in [0.3, 0.4) is 0 Å². The van der Waals surface area contributed by atoms with E-state index < -0.39 is 0 Å². The molecule has 0 bridgehead atoms. The van der Waals surface area contributed by atoms with Gasteiger partial charge in [0.05, 0.1) is 0 Å². The summed E-state index contributed by atoms with van der Waals surface area (Å²) in [4.78, 5) is 0. The van der Waals surface area contributed by atoms with Crippen LogP contribution in [0.2, 0.25) is 0 Å². The second-order valence-electron chi connectivity index (χ2n) is 3.23. The molecule has 2 N–H and O–H groups in total. The molecular weight excluding hydrogens is 176 g/mol. The Bertz CT molecular complexity index is 212. The third-order valence-corrected chi connectivity index (χ3v) is 1.79. The molecule has 0 fully saturated rings. The predicted octanol–water partition coefficient (Wildman–Crippen LogP) is 3.68. The molecule has 0 spiro atoms. The van der Waals surface area contributed by atoms with Crippen molar-refractivity contribution >= 4 is 0 Å². The maximum absolute atomic E-state index is 8.65. The Morgan fingerprint density at radius 1 is 0.929 bits per heavy atom. The number of phenols is 2. The molecule has 0 atom stereocenters. The Hall–Kier alpha value is -1.18. The summed E-state index contributed by atoms with van der Waals surface area (Å²) in [7, 11) is 0. The Morgan fingerprint density at radius 3 is 1.57 bits per heavy atom. The van der Waals surface area contributed by atoms with E-state index >= 15 is 0 Å². The number of phenolic OH excluding ortho intramolecular Hbond substituents is 2. The summed E-state index contributed by atoms with van der Waals surface area (Å²) in [5, 5.41) is 17.3. The zero-order valence-corrected chi connectivity index (χ0v) is 9.03.